The number of hydrogen-bond donors (Lipinski definition) is 0. The van der Waals surface area contributed by atoms with Crippen LogP contribution in [0.1, 0.15) is 39.7 Å². The van der Waals surface area contributed by atoms with Crippen molar-refractivity contribution in [3.63, 3.8) is 0 Å². The minimum Gasteiger partial charge on any atom is -0.410 e. The SMILES string of the molecule is C=C[C@@H]1CC(c2ccccc2)=C(C)[C@H]1O[Si](CC)(CC)CC. The van der Waals surface area contributed by atoms with Crippen molar-refractivity contribution in [3.05, 3.63) is 54.1 Å². The molecule has 2 heteroatoms. The lowest BCUT2D eigenvalue weighted by Crippen LogP contribution is -2.41. The molecule has 0 saturated heterocycles. The van der Waals surface area contributed by atoms with Crippen LogP contribution < -0.4 is 0 Å². The van der Waals surface area contributed by atoms with Gasteiger partial charge in [0.15, 0.2) is 8.32 Å². The first-order valence-corrected chi connectivity index (χ1v) is 11.2. The predicted octanol–water partition coefficient (Wildman–Crippen LogP) is 6.06. The van der Waals surface area contributed by atoms with Crippen molar-refractivity contribution in [1.82, 2.24) is 0 Å². The van der Waals surface area contributed by atoms with Crippen LogP contribution in [0.15, 0.2) is 48.6 Å². The van der Waals surface area contributed by atoms with Gasteiger partial charge in [0.1, 0.15) is 0 Å². The maximum absolute atomic E-state index is 6.82. The Balaban J connectivity index is 2.32. The van der Waals surface area contributed by atoms with Crippen LogP contribution in [0.5, 0.6) is 0 Å². The lowest BCUT2D eigenvalue weighted by atomic mass is 10.0. The summed E-state index contributed by atoms with van der Waals surface area (Å²) < 4.78 is 6.82. The zero-order valence-corrected chi connectivity index (χ0v) is 15.6. The summed E-state index contributed by atoms with van der Waals surface area (Å²) in [6.07, 6.45) is 3.40. The molecule has 0 heterocycles. The van der Waals surface area contributed by atoms with Gasteiger partial charge in [0.05, 0.1) is 6.10 Å². The third kappa shape index (κ3) is 3.28. The van der Waals surface area contributed by atoms with E-state index in [2.05, 4.69) is 70.7 Å². The second-order valence-corrected chi connectivity index (χ2v) is 11.1. The largest absolute Gasteiger partial charge is 0.410 e. The Morgan fingerprint density at radius 3 is 2.23 bits per heavy atom. The van der Waals surface area contributed by atoms with Crippen LogP contribution >= 0.6 is 0 Å². The summed E-state index contributed by atoms with van der Waals surface area (Å²) in [5.41, 5.74) is 4.22. The number of hydrogen-bond acceptors (Lipinski definition) is 1. The molecule has 22 heavy (non-hydrogen) atoms. The van der Waals surface area contributed by atoms with Crippen LogP contribution in [0.25, 0.3) is 5.57 Å². The van der Waals surface area contributed by atoms with E-state index in [1.165, 1.54) is 34.8 Å². The zero-order valence-electron chi connectivity index (χ0n) is 14.6. The Bertz CT molecular complexity index is 520. The van der Waals surface area contributed by atoms with E-state index >= 15 is 0 Å². The van der Waals surface area contributed by atoms with Crippen LogP contribution in [0.2, 0.25) is 18.1 Å². The van der Waals surface area contributed by atoms with Gasteiger partial charge in [0, 0.05) is 5.92 Å². The molecule has 0 radical (unpaired) electrons. The second kappa shape index (κ2) is 7.43. The van der Waals surface area contributed by atoms with Crippen molar-refractivity contribution in [2.45, 2.75) is 58.4 Å². The Morgan fingerprint density at radius 1 is 1.14 bits per heavy atom. The molecule has 0 saturated carbocycles. The first kappa shape index (κ1) is 17.2. The van der Waals surface area contributed by atoms with Gasteiger partial charge in [-0.1, -0.05) is 57.2 Å². The molecule has 0 unspecified atom stereocenters. The normalized spacial score (nSPS) is 22.2. The molecule has 0 amide bonds. The van der Waals surface area contributed by atoms with E-state index in [0.717, 1.165) is 6.42 Å². The van der Waals surface area contributed by atoms with Crippen molar-refractivity contribution < 1.29 is 4.43 Å². The van der Waals surface area contributed by atoms with Crippen molar-refractivity contribution >= 4 is 13.9 Å². The lowest BCUT2D eigenvalue weighted by Gasteiger charge is -2.34. The molecule has 120 valence electrons. The van der Waals surface area contributed by atoms with Crippen molar-refractivity contribution in [1.29, 1.82) is 0 Å². The highest BCUT2D eigenvalue weighted by atomic mass is 28.4. The molecule has 1 aliphatic rings. The van der Waals surface area contributed by atoms with Crippen molar-refractivity contribution in [2.75, 3.05) is 0 Å². The maximum Gasteiger partial charge on any atom is 0.192 e. The van der Waals surface area contributed by atoms with Gasteiger partial charge in [-0.25, -0.2) is 0 Å². The van der Waals surface area contributed by atoms with E-state index in [-0.39, 0.29) is 6.10 Å². The molecular formula is C20H30OSi. The monoisotopic (exact) mass is 314 g/mol. The standard InChI is InChI=1S/C20H30OSi/c1-6-17-15-19(18-13-11-10-12-14-18)16(5)20(17)21-22(7-2,8-3)9-4/h6,10-14,17,20H,1,7-9,15H2,2-5H3/t17-,20-/m1/s1. The third-order valence-electron chi connectivity index (χ3n) is 5.47. The summed E-state index contributed by atoms with van der Waals surface area (Å²) >= 11 is 0. The van der Waals surface area contributed by atoms with E-state index in [4.69, 9.17) is 4.43 Å². The van der Waals surface area contributed by atoms with Crippen LogP contribution in [0.3, 0.4) is 0 Å². The van der Waals surface area contributed by atoms with Crippen LogP contribution in [-0.4, -0.2) is 14.4 Å². The van der Waals surface area contributed by atoms with Gasteiger partial charge in [-0.05, 0) is 48.2 Å². The quantitative estimate of drug-likeness (QED) is 0.439. The Morgan fingerprint density at radius 2 is 1.73 bits per heavy atom. The number of benzene rings is 1. The van der Waals surface area contributed by atoms with Crippen molar-refractivity contribution in [2.24, 2.45) is 5.92 Å². The summed E-state index contributed by atoms with van der Waals surface area (Å²) in [5, 5.41) is 0. The molecule has 1 aromatic rings. The highest BCUT2D eigenvalue weighted by molar-refractivity contribution is 6.73. The Labute approximate surface area is 137 Å². The van der Waals surface area contributed by atoms with Gasteiger partial charge in [-0.15, -0.1) is 6.58 Å². The van der Waals surface area contributed by atoms with E-state index in [9.17, 15) is 0 Å². The molecule has 2 atom stereocenters. The van der Waals surface area contributed by atoms with Gasteiger partial charge in [0.2, 0.25) is 0 Å². The van der Waals surface area contributed by atoms with Crippen LogP contribution in [0, 0.1) is 5.92 Å². The molecule has 0 spiro atoms. The molecule has 0 aromatic heterocycles. The van der Waals surface area contributed by atoms with Gasteiger partial charge in [-0.3, -0.25) is 0 Å². The average Bonchev–Trinajstić information content (AvgIpc) is 2.89. The minimum atomic E-state index is -1.59. The first-order chi connectivity index (χ1) is 10.6. The molecule has 0 aliphatic heterocycles. The molecule has 1 aliphatic carbocycles. The third-order valence-corrected chi connectivity index (χ3v) is 10.1. The zero-order chi connectivity index (χ0) is 16.2. The van der Waals surface area contributed by atoms with E-state index < -0.39 is 8.32 Å². The van der Waals surface area contributed by atoms with Crippen LogP contribution in [0.4, 0.5) is 0 Å². The molecular weight excluding hydrogens is 284 g/mol. The Hall–Kier alpha value is -1.12. The second-order valence-electron chi connectivity index (χ2n) is 6.41. The molecule has 0 bridgehead atoms. The van der Waals surface area contributed by atoms with Gasteiger partial charge >= 0.3 is 0 Å². The maximum atomic E-state index is 6.82. The summed E-state index contributed by atoms with van der Waals surface area (Å²) in [6, 6.07) is 14.4. The number of rotatable bonds is 7. The van der Waals surface area contributed by atoms with E-state index in [1.807, 2.05) is 0 Å². The minimum absolute atomic E-state index is 0.235. The van der Waals surface area contributed by atoms with Crippen molar-refractivity contribution in [3.8, 4) is 0 Å². The van der Waals surface area contributed by atoms with E-state index in [1.54, 1.807) is 0 Å². The Kier molecular flexibility index (Phi) is 5.82. The highest BCUT2D eigenvalue weighted by Gasteiger charge is 2.39. The number of allylic oxidation sites excluding steroid dienone is 1. The fourth-order valence-corrected chi connectivity index (χ4v) is 6.52. The van der Waals surface area contributed by atoms with Crippen LogP contribution in [-0.2, 0) is 4.43 Å². The molecule has 1 nitrogen and oxygen atoms in total. The highest BCUT2D eigenvalue weighted by Crippen LogP contribution is 2.42. The molecule has 0 N–H and O–H groups in total. The smallest absolute Gasteiger partial charge is 0.192 e. The first-order valence-electron chi connectivity index (χ1n) is 8.66. The summed E-state index contributed by atoms with van der Waals surface area (Å²) in [5.74, 6) is 0.423. The molecule has 2 rings (SSSR count). The topological polar surface area (TPSA) is 9.23 Å². The fraction of sp³-hybridized carbons (Fsp3) is 0.500. The average molecular weight is 315 g/mol. The van der Waals surface area contributed by atoms with E-state index in [0.29, 0.717) is 5.92 Å². The van der Waals surface area contributed by atoms with Gasteiger partial charge < -0.3 is 4.43 Å². The molecule has 1 aromatic carbocycles. The molecule has 0 fully saturated rings. The summed E-state index contributed by atoms with van der Waals surface area (Å²) in [6.45, 7) is 13.2. The lowest BCUT2D eigenvalue weighted by molar-refractivity contribution is 0.189. The summed E-state index contributed by atoms with van der Waals surface area (Å²) in [7, 11) is -1.59. The summed E-state index contributed by atoms with van der Waals surface area (Å²) in [4.78, 5) is 0. The predicted molar refractivity (Wildman–Crippen MR) is 99.4 cm³/mol. The van der Waals surface area contributed by atoms with Gasteiger partial charge in [-0.2, -0.15) is 0 Å². The fourth-order valence-electron chi connectivity index (χ4n) is 3.63. The van der Waals surface area contributed by atoms with Gasteiger partial charge in [0.25, 0.3) is 0 Å².